The van der Waals surface area contributed by atoms with Crippen molar-refractivity contribution >= 4 is 11.7 Å². The molecule has 1 fully saturated rings. The molecule has 4 N–H and O–H groups in total. The summed E-state index contributed by atoms with van der Waals surface area (Å²) in [4.78, 5) is 15.6. The van der Waals surface area contributed by atoms with Crippen LogP contribution in [-0.2, 0) is 0 Å². The first-order valence-electron chi connectivity index (χ1n) is 5.50. The van der Waals surface area contributed by atoms with Crippen LogP contribution >= 0.6 is 0 Å². The van der Waals surface area contributed by atoms with Gasteiger partial charge < -0.3 is 10.7 Å². The van der Waals surface area contributed by atoms with E-state index in [1.54, 1.807) is 18.3 Å². The van der Waals surface area contributed by atoms with E-state index in [0.717, 1.165) is 18.9 Å². The molecule has 1 saturated carbocycles. The molecular formula is C11H16N4O. The molecule has 2 rings (SSSR count). The second-order valence-electron chi connectivity index (χ2n) is 4.06. The van der Waals surface area contributed by atoms with Gasteiger partial charge in [0.2, 0.25) is 0 Å². The lowest BCUT2D eigenvalue weighted by Crippen LogP contribution is -2.25. The van der Waals surface area contributed by atoms with Gasteiger partial charge in [-0.05, 0) is 24.5 Å². The molecule has 1 aromatic heterocycles. The van der Waals surface area contributed by atoms with Gasteiger partial charge in [-0.25, -0.2) is 10.8 Å². The fourth-order valence-electron chi connectivity index (χ4n) is 1.55. The Labute approximate surface area is 94.4 Å². The molecule has 1 aliphatic carbocycles. The van der Waals surface area contributed by atoms with E-state index in [1.807, 2.05) is 0 Å². The smallest absolute Gasteiger partial charge is 0.251 e. The first kappa shape index (κ1) is 10.9. The number of hydrogen-bond acceptors (Lipinski definition) is 4. The Bertz CT molecular complexity index is 376. The molecule has 0 unspecified atom stereocenters. The number of nitrogens with one attached hydrogen (secondary N) is 2. The van der Waals surface area contributed by atoms with Crippen LogP contribution in [0.15, 0.2) is 18.3 Å². The fraction of sp³-hybridized carbons (Fsp3) is 0.455. The molecule has 0 aliphatic heterocycles. The van der Waals surface area contributed by atoms with Crippen molar-refractivity contribution in [2.24, 2.45) is 11.8 Å². The van der Waals surface area contributed by atoms with Gasteiger partial charge in [0.05, 0.1) is 0 Å². The summed E-state index contributed by atoms with van der Waals surface area (Å²) in [5.74, 6) is 6.48. The summed E-state index contributed by atoms with van der Waals surface area (Å²) >= 11 is 0. The van der Waals surface area contributed by atoms with Gasteiger partial charge in [0.25, 0.3) is 5.91 Å². The highest BCUT2D eigenvalue weighted by molar-refractivity contribution is 5.94. The average molecular weight is 220 g/mol. The van der Waals surface area contributed by atoms with Crippen molar-refractivity contribution in [3.63, 3.8) is 0 Å². The summed E-state index contributed by atoms with van der Waals surface area (Å²) in [6.45, 7) is 0.747. The Balaban J connectivity index is 1.86. The predicted octanol–water partition coefficient (Wildman–Crippen LogP) is 0.897. The summed E-state index contributed by atoms with van der Waals surface area (Å²) < 4.78 is 0. The topological polar surface area (TPSA) is 80.0 Å². The van der Waals surface area contributed by atoms with E-state index in [2.05, 4.69) is 15.7 Å². The third-order valence-electron chi connectivity index (χ3n) is 2.71. The first-order chi connectivity index (χ1) is 7.79. The highest BCUT2D eigenvalue weighted by atomic mass is 16.1. The van der Waals surface area contributed by atoms with Gasteiger partial charge in [-0.1, -0.05) is 12.8 Å². The number of amides is 1. The van der Waals surface area contributed by atoms with Crippen LogP contribution in [0.1, 0.15) is 29.6 Å². The molecule has 86 valence electrons. The Kier molecular flexibility index (Phi) is 3.36. The fourth-order valence-corrected chi connectivity index (χ4v) is 1.55. The zero-order chi connectivity index (χ0) is 11.4. The van der Waals surface area contributed by atoms with Gasteiger partial charge in [-0.2, -0.15) is 0 Å². The van der Waals surface area contributed by atoms with Crippen LogP contribution < -0.4 is 16.6 Å². The maximum absolute atomic E-state index is 11.7. The third-order valence-corrected chi connectivity index (χ3v) is 2.71. The van der Waals surface area contributed by atoms with Crippen LogP contribution in [0.25, 0.3) is 0 Å². The summed E-state index contributed by atoms with van der Waals surface area (Å²) in [6.07, 6.45) is 5.27. The van der Waals surface area contributed by atoms with Crippen molar-refractivity contribution in [3.05, 3.63) is 23.9 Å². The minimum absolute atomic E-state index is 0.0699. The van der Waals surface area contributed by atoms with Crippen LogP contribution in [0.3, 0.4) is 0 Å². The van der Waals surface area contributed by atoms with Crippen LogP contribution in [0.5, 0.6) is 0 Å². The Hall–Kier alpha value is -1.62. The predicted molar refractivity (Wildman–Crippen MR) is 61.7 cm³/mol. The average Bonchev–Trinajstić information content (AvgIpc) is 3.13. The number of pyridine rings is 1. The molecule has 0 radical (unpaired) electrons. The lowest BCUT2D eigenvalue weighted by molar-refractivity contribution is 0.0952. The van der Waals surface area contributed by atoms with Crippen molar-refractivity contribution in [2.45, 2.75) is 19.3 Å². The van der Waals surface area contributed by atoms with Gasteiger partial charge in [0.1, 0.15) is 5.82 Å². The molecule has 0 spiro atoms. The zero-order valence-corrected chi connectivity index (χ0v) is 9.07. The van der Waals surface area contributed by atoms with Crippen molar-refractivity contribution in [1.29, 1.82) is 0 Å². The molecule has 0 aromatic carbocycles. The van der Waals surface area contributed by atoms with Gasteiger partial charge in [-0.3, -0.25) is 4.79 Å². The van der Waals surface area contributed by atoms with E-state index >= 15 is 0 Å². The van der Waals surface area contributed by atoms with Crippen LogP contribution in [0, 0.1) is 5.92 Å². The molecule has 16 heavy (non-hydrogen) atoms. The van der Waals surface area contributed by atoms with Crippen molar-refractivity contribution in [1.82, 2.24) is 10.3 Å². The molecule has 0 saturated heterocycles. The quantitative estimate of drug-likeness (QED) is 0.508. The largest absolute Gasteiger partial charge is 0.352 e. The summed E-state index contributed by atoms with van der Waals surface area (Å²) in [5, 5.41) is 2.89. The SMILES string of the molecule is NNc1cc(C(=O)NCCC2CC2)ccn1. The molecule has 0 atom stereocenters. The van der Waals surface area contributed by atoms with Gasteiger partial charge in [0, 0.05) is 18.3 Å². The Morgan fingerprint density at radius 3 is 3.06 bits per heavy atom. The molecule has 5 nitrogen and oxygen atoms in total. The molecule has 5 heteroatoms. The molecule has 1 aromatic rings. The number of carbonyl (C=O) groups is 1. The molecule has 1 aliphatic rings. The van der Waals surface area contributed by atoms with Crippen molar-refractivity contribution in [2.75, 3.05) is 12.0 Å². The number of nitrogens with zero attached hydrogens (tertiary/aromatic N) is 1. The highest BCUT2D eigenvalue weighted by Gasteiger charge is 2.20. The van der Waals surface area contributed by atoms with Gasteiger partial charge in [-0.15, -0.1) is 0 Å². The summed E-state index contributed by atoms with van der Waals surface area (Å²) in [7, 11) is 0. The van der Waals surface area contributed by atoms with E-state index in [1.165, 1.54) is 12.8 Å². The van der Waals surface area contributed by atoms with E-state index in [0.29, 0.717) is 11.4 Å². The minimum atomic E-state index is -0.0699. The molecule has 1 heterocycles. The summed E-state index contributed by atoms with van der Waals surface area (Å²) in [5.41, 5.74) is 3.00. The Morgan fingerprint density at radius 1 is 1.56 bits per heavy atom. The first-order valence-corrected chi connectivity index (χ1v) is 5.50. The summed E-state index contributed by atoms with van der Waals surface area (Å²) in [6, 6.07) is 3.31. The maximum atomic E-state index is 11.7. The van der Waals surface area contributed by atoms with Crippen LogP contribution in [-0.4, -0.2) is 17.4 Å². The third kappa shape index (κ3) is 2.93. The second-order valence-corrected chi connectivity index (χ2v) is 4.06. The molecule has 0 bridgehead atoms. The van der Waals surface area contributed by atoms with Crippen molar-refractivity contribution in [3.8, 4) is 0 Å². The number of aromatic nitrogens is 1. The monoisotopic (exact) mass is 220 g/mol. The number of hydrazine groups is 1. The Morgan fingerprint density at radius 2 is 2.38 bits per heavy atom. The number of nitrogen functional groups attached to an aromatic ring is 1. The van der Waals surface area contributed by atoms with E-state index < -0.39 is 0 Å². The van der Waals surface area contributed by atoms with Gasteiger partial charge in [0.15, 0.2) is 0 Å². The second kappa shape index (κ2) is 4.94. The van der Waals surface area contributed by atoms with E-state index in [9.17, 15) is 4.79 Å². The number of rotatable bonds is 5. The lowest BCUT2D eigenvalue weighted by atomic mass is 10.2. The van der Waals surface area contributed by atoms with Crippen LogP contribution in [0.2, 0.25) is 0 Å². The van der Waals surface area contributed by atoms with Crippen LogP contribution in [0.4, 0.5) is 5.82 Å². The van der Waals surface area contributed by atoms with E-state index in [-0.39, 0.29) is 5.91 Å². The number of nitrogens with two attached hydrogens (primary N) is 1. The minimum Gasteiger partial charge on any atom is -0.352 e. The van der Waals surface area contributed by atoms with Crippen molar-refractivity contribution < 1.29 is 4.79 Å². The van der Waals surface area contributed by atoms with E-state index in [4.69, 9.17) is 5.84 Å². The molecule has 1 amide bonds. The highest BCUT2D eigenvalue weighted by Crippen LogP contribution is 2.31. The number of carbonyl (C=O) groups excluding carboxylic acids is 1. The number of hydrogen-bond donors (Lipinski definition) is 3. The maximum Gasteiger partial charge on any atom is 0.251 e. The van der Waals surface area contributed by atoms with Gasteiger partial charge >= 0.3 is 0 Å². The zero-order valence-electron chi connectivity index (χ0n) is 9.07. The normalized spacial score (nSPS) is 14.6. The standard InChI is InChI=1S/C11H16N4O/c12-15-10-7-9(4-6-13-10)11(16)14-5-3-8-1-2-8/h4,6-8H,1-3,5,12H2,(H,13,15)(H,14,16). The molecular weight excluding hydrogens is 204 g/mol. The number of anilines is 1. The lowest BCUT2D eigenvalue weighted by Gasteiger charge is -2.05.